The molecule has 0 radical (unpaired) electrons. The van der Waals surface area contributed by atoms with Crippen molar-refractivity contribution in [3.8, 4) is 0 Å². The highest BCUT2D eigenvalue weighted by atomic mass is 32.1. The molecule has 1 aromatic heterocycles. The van der Waals surface area contributed by atoms with E-state index in [2.05, 4.69) is 13.8 Å². The molecule has 0 spiro atoms. The summed E-state index contributed by atoms with van der Waals surface area (Å²) in [6.45, 7) is 6.25. The smallest absolute Gasteiger partial charge is 0.163 e. The molecular formula is C12H18OS. The number of carbonyl (C=O) groups excluding carboxylic acids is 1. The summed E-state index contributed by atoms with van der Waals surface area (Å²) in [6, 6.07) is 2.02. The van der Waals surface area contributed by atoms with Gasteiger partial charge in [-0.3, -0.25) is 4.79 Å². The minimum Gasteiger partial charge on any atom is -0.294 e. The van der Waals surface area contributed by atoms with E-state index in [0.29, 0.717) is 12.2 Å². The molecule has 1 aromatic rings. The van der Waals surface area contributed by atoms with Crippen molar-refractivity contribution in [2.75, 3.05) is 0 Å². The van der Waals surface area contributed by atoms with Gasteiger partial charge < -0.3 is 0 Å². The van der Waals surface area contributed by atoms with Crippen LogP contribution < -0.4 is 0 Å². The van der Waals surface area contributed by atoms with Crippen LogP contribution in [0, 0.1) is 13.8 Å². The van der Waals surface area contributed by atoms with Gasteiger partial charge in [-0.1, -0.05) is 19.8 Å². The van der Waals surface area contributed by atoms with Crippen molar-refractivity contribution < 1.29 is 4.79 Å². The lowest BCUT2D eigenvalue weighted by Crippen LogP contribution is -1.98. The molecule has 0 bridgehead atoms. The van der Waals surface area contributed by atoms with Crippen molar-refractivity contribution >= 4 is 17.1 Å². The Balaban J connectivity index is 2.56. The zero-order valence-corrected chi connectivity index (χ0v) is 10.0. The molecule has 0 amide bonds. The van der Waals surface area contributed by atoms with Gasteiger partial charge in [0.1, 0.15) is 0 Å². The van der Waals surface area contributed by atoms with E-state index in [4.69, 9.17) is 0 Å². The van der Waals surface area contributed by atoms with Crippen LogP contribution in [0.2, 0.25) is 0 Å². The predicted molar refractivity (Wildman–Crippen MR) is 62.3 cm³/mol. The van der Waals surface area contributed by atoms with E-state index in [9.17, 15) is 4.79 Å². The van der Waals surface area contributed by atoms with E-state index in [1.165, 1.54) is 16.2 Å². The van der Waals surface area contributed by atoms with E-state index in [1.54, 1.807) is 11.3 Å². The molecule has 0 N–H and O–H groups in total. The van der Waals surface area contributed by atoms with Gasteiger partial charge >= 0.3 is 0 Å². The highest BCUT2D eigenvalue weighted by Gasteiger charge is 2.10. The molecule has 0 aromatic carbocycles. The first kappa shape index (κ1) is 11.4. The molecule has 1 nitrogen and oxygen atoms in total. The minimum absolute atomic E-state index is 0.320. The number of carbonyl (C=O) groups is 1. The van der Waals surface area contributed by atoms with Crippen LogP contribution >= 0.6 is 11.3 Å². The van der Waals surface area contributed by atoms with E-state index in [-0.39, 0.29) is 0 Å². The number of unbranched alkanes of at least 4 members (excludes halogenated alkanes) is 2. The van der Waals surface area contributed by atoms with Crippen molar-refractivity contribution in [1.82, 2.24) is 0 Å². The molecule has 1 rings (SSSR count). The fourth-order valence-corrected chi connectivity index (χ4v) is 2.52. The van der Waals surface area contributed by atoms with Gasteiger partial charge in [0.15, 0.2) is 5.78 Å². The third kappa shape index (κ3) is 2.95. The topological polar surface area (TPSA) is 17.1 Å². The van der Waals surface area contributed by atoms with Gasteiger partial charge in [0.25, 0.3) is 0 Å². The molecular weight excluding hydrogens is 192 g/mol. The van der Waals surface area contributed by atoms with Crippen molar-refractivity contribution in [1.29, 1.82) is 0 Å². The normalized spacial score (nSPS) is 10.5. The van der Waals surface area contributed by atoms with Gasteiger partial charge in [0.05, 0.1) is 0 Å². The highest BCUT2D eigenvalue weighted by molar-refractivity contribution is 7.12. The molecule has 0 saturated carbocycles. The van der Waals surface area contributed by atoms with Crippen LogP contribution in [-0.2, 0) is 0 Å². The summed E-state index contributed by atoms with van der Waals surface area (Å²) in [6.07, 6.45) is 4.08. The molecule has 0 unspecified atom stereocenters. The van der Waals surface area contributed by atoms with Gasteiger partial charge in [-0.2, -0.15) is 0 Å². The number of aryl methyl sites for hydroxylation is 2. The standard InChI is InChI=1S/C12H18OS/c1-4-5-6-7-12(13)11-8-9(2)14-10(11)3/h8H,4-7H2,1-3H3. The monoisotopic (exact) mass is 210 g/mol. The molecule has 0 fully saturated rings. The Labute approximate surface area is 90.2 Å². The van der Waals surface area contributed by atoms with Crippen LogP contribution in [-0.4, -0.2) is 5.78 Å². The maximum absolute atomic E-state index is 11.8. The van der Waals surface area contributed by atoms with Crippen LogP contribution in [0.5, 0.6) is 0 Å². The predicted octanol–water partition coefficient (Wildman–Crippen LogP) is 4.13. The van der Waals surface area contributed by atoms with Gasteiger partial charge in [-0.15, -0.1) is 11.3 Å². The third-order valence-electron chi connectivity index (χ3n) is 2.35. The Bertz CT molecular complexity index is 312. The summed E-state index contributed by atoms with van der Waals surface area (Å²) in [7, 11) is 0. The fourth-order valence-electron chi connectivity index (χ4n) is 1.58. The average Bonchev–Trinajstić information content (AvgIpc) is 2.45. The van der Waals surface area contributed by atoms with E-state index in [1.807, 2.05) is 13.0 Å². The molecule has 2 heteroatoms. The first-order chi connectivity index (χ1) is 6.65. The quantitative estimate of drug-likeness (QED) is 0.527. The van der Waals surface area contributed by atoms with Crippen LogP contribution in [0.4, 0.5) is 0 Å². The third-order valence-corrected chi connectivity index (χ3v) is 3.31. The molecule has 1 heterocycles. The fraction of sp³-hybridized carbons (Fsp3) is 0.583. The molecule has 0 aliphatic carbocycles. The van der Waals surface area contributed by atoms with Gasteiger partial charge in [-0.25, -0.2) is 0 Å². The second-order valence-corrected chi connectivity index (χ2v) is 5.17. The maximum Gasteiger partial charge on any atom is 0.163 e. The molecule has 0 atom stereocenters. The Kier molecular flexibility index (Phi) is 4.33. The van der Waals surface area contributed by atoms with E-state index in [0.717, 1.165) is 18.4 Å². The Hall–Kier alpha value is -0.630. The van der Waals surface area contributed by atoms with Gasteiger partial charge in [0, 0.05) is 21.7 Å². The number of hydrogen-bond acceptors (Lipinski definition) is 2. The molecule has 0 saturated heterocycles. The van der Waals surface area contributed by atoms with E-state index >= 15 is 0 Å². The number of hydrogen-bond donors (Lipinski definition) is 0. The molecule has 78 valence electrons. The van der Waals surface area contributed by atoms with Crippen molar-refractivity contribution in [2.45, 2.75) is 46.5 Å². The Morgan fingerprint density at radius 1 is 1.36 bits per heavy atom. The second-order valence-electron chi connectivity index (χ2n) is 3.71. The summed E-state index contributed by atoms with van der Waals surface area (Å²) in [4.78, 5) is 14.2. The first-order valence-electron chi connectivity index (χ1n) is 5.25. The van der Waals surface area contributed by atoms with Crippen LogP contribution in [0.25, 0.3) is 0 Å². The van der Waals surface area contributed by atoms with Crippen LogP contribution in [0.3, 0.4) is 0 Å². The Morgan fingerprint density at radius 3 is 2.57 bits per heavy atom. The SMILES string of the molecule is CCCCCC(=O)c1cc(C)sc1C. The van der Waals surface area contributed by atoms with Crippen molar-refractivity contribution in [3.05, 3.63) is 21.4 Å². The van der Waals surface area contributed by atoms with Gasteiger partial charge in [0.2, 0.25) is 0 Å². The van der Waals surface area contributed by atoms with Gasteiger partial charge in [-0.05, 0) is 26.3 Å². The number of ketones is 1. The largest absolute Gasteiger partial charge is 0.294 e. The van der Waals surface area contributed by atoms with Crippen molar-refractivity contribution in [2.24, 2.45) is 0 Å². The Morgan fingerprint density at radius 2 is 2.07 bits per heavy atom. The van der Waals surface area contributed by atoms with E-state index < -0.39 is 0 Å². The van der Waals surface area contributed by atoms with Crippen molar-refractivity contribution in [3.63, 3.8) is 0 Å². The average molecular weight is 210 g/mol. The molecule has 14 heavy (non-hydrogen) atoms. The number of rotatable bonds is 5. The zero-order chi connectivity index (χ0) is 10.6. The number of Topliss-reactive ketones (excluding diaryl/α,β-unsaturated/α-hetero) is 1. The lowest BCUT2D eigenvalue weighted by molar-refractivity contribution is 0.0979. The minimum atomic E-state index is 0.320. The molecule has 0 aliphatic rings. The first-order valence-corrected chi connectivity index (χ1v) is 6.07. The zero-order valence-electron chi connectivity index (χ0n) is 9.22. The maximum atomic E-state index is 11.8. The second kappa shape index (κ2) is 5.30. The summed E-state index contributed by atoms with van der Waals surface area (Å²) in [5.74, 6) is 0.320. The number of thiophene rings is 1. The lowest BCUT2D eigenvalue weighted by Gasteiger charge is -1.98. The van der Waals surface area contributed by atoms with Crippen LogP contribution in [0.15, 0.2) is 6.07 Å². The molecule has 0 aliphatic heterocycles. The summed E-state index contributed by atoms with van der Waals surface area (Å²) in [5.41, 5.74) is 0.948. The highest BCUT2D eigenvalue weighted by Crippen LogP contribution is 2.22. The summed E-state index contributed by atoms with van der Waals surface area (Å²) >= 11 is 1.72. The lowest BCUT2D eigenvalue weighted by atomic mass is 10.1. The summed E-state index contributed by atoms with van der Waals surface area (Å²) in [5, 5.41) is 0. The van der Waals surface area contributed by atoms with Crippen LogP contribution in [0.1, 0.15) is 52.7 Å². The summed E-state index contributed by atoms with van der Waals surface area (Å²) < 4.78 is 0.